The lowest BCUT2D eigenvalue weighted by molar-refractivity contribution is -0.870. The molecule has 0 bridgehead atoms. The molecule has 66 heavy (non-hydrogen) atoms. The lowest BCUT2D eigenvalue weighted by atomic mass is 10.1. The molecule has 0 aromatic rings. The van der Waals surface area contributed by atoms with Crippen LogP contribution in [0.25, 0.3) is 0 Å². The molecule has 9 heteroatoms. The minimum absolute atomic E-state index is 0.137. The van der Waals surface area contributed by atoms with Crippen LogP contribution in [-0.2, 0) is 33.3 Å². The number of quaternary nitrogens is 1. The second kappa shape index (κ2) is 47.7. The van der Waals surface area contributed by atoms with E-state index in [2.05, 4.69) is 111 Å². The van der Waals surface area contributed by atoms with E-state index >= 15 is 0 Å². The first kappa shape index (κ1) is 62.2. The van der Waals surface area contributed by atoms with Gasteiger partial charge in [-0.05, 0) is 96.3 Å². The molecule has 2 unspecified atom stereocenters. The molecule has 0 amide bonds. The van der Waals surface area contributed by atoms with Gasteiger partial charge in [0, 0.05) is 12.8 Å². The Kier molecular flexibility index (Phi) is 45.0. The van der Waals surface area contributed by atoms with Crippen LogP contribution in [0.15, 0.2) is 97.2 Å². The Morgan fingerprint density at radius 3 is 1.29 bits per heavy atom. The predicted molar refractivity (Wildman–Crippen MR) is 274 cm³/mol. The molecule has 0 heterocycles. The molecule has 0 aliphatic rings. The molecule has 376 valence electrons. The fraction of sp³-hybridized carbons (Fsp3) is 0.667. The number of hydrogen-bond acceptors (Lipinski definition) is 8. The summed E-state index contributed by atoms with van der Waals surface area (Å²) in [6.45, 7) is 4.56. The maximum Gasteiger partial charge on any atom is 0.306 e. The van der Waals surface area contributed by atoms with Crippen molar-refractivity contribution in [1.82, 2.24) is 0 Å². The Morgan fingerprint density at radius 1 is 0.470 bits per heavy atom. The number of hydrogen-bond donors (Lipinski definition) is 0. The summed E-state index contributed by atoms with van der Waals surface area (Å²) in [4.78, 5) is 37.2. The lowest BCUT2D eigenvalue weighted by Crippen LogP contribution is -2.44. The topological polar surface area (TPSA) is 111 Å². The van der Waals surface area contributed by atoms with E-state index in [0.717, 1.165) is 116 Å². The van der Waals surface area contributed by atoms with Crippen molar-refractivity contribution in [3.05, 3.63) is 97.2 Å². The van der Waals surface area contributed by atoms with Gasteiger partial charge < -0.3 is 33.3 Å². The van der Waals surface area contributed by atoms with E-state index in [1.807, 2.05) is 21.1 Å². The molecule has 2 atom stereocenters. The van der Waals surface area contributed by atoms with Gasteiger partial charge in [-0.15, -0.1) is 0 Å². The number of carbonyl (C=O) groups excluding carboxylic acids is 3. The molecule has 0 spiro atoms. The first-order valence-corrected chi connectivity index (χ1v) is 25.9. The van der Waals surface area contributed by atoms with Gasteiger partial charge in [0.15, 0.2) is 12.4 Å². The molecule has 0 rings (SSSR count). The summed E-state index contributed by atoms with van der Waals surface area (Å²) in [7, 11) is 5.90. The van der Waals surface area contributed by atoms with E-state index < -0.39 is 24.3 Å². The van der Waals surface area contributed by atoms with E-state index in [4.69, 9.17) is 18.9 Å². The maximum absolute atomic E-state index is 12.8. The van der Waals surface area contributed by atoms with Crippen molar-refractivity contribution in [2.45, 2.75) is 200 Å². The second-order valence-corrected chi connectivity index (χ2v) is 18.1. The van der Waals surface area contributed by atoms with Crippen LogP contribution in [0.2, 0.25) is 0 Å². The fourth-order valence-corrected chi connectivity index (χ4v) is 6.57. The number of nitrogens with zero attached hydrogens (tertiary/aromatic N) is 1. The Morgan fingerprint density at radius 2 is 0.864 bits per heavy atom. The molecule has 0 radical (unpaired) electrons. The van der Waals surface area contributed by atoms with Gasteiger partial charge in [-0.25, -0.2) is 0 Å². The number of esters is 2. The number of carboxylic acids is 1. The van der Waals surface area contributed by atoms with E-state index in [1.165, 1.54) is 32.1 Å². The van der Waals surface area contributed by atoms with Gasteiger partial charge in [-0.1, -0.05) is 175 Å². The number of ether oxygens (including phenoxy) is 4. The summed E-state index contributed by atoms with van der Waals surface area (Å²) in [5.41, 5.74) is 0. The number of carbonyl (C=O) groups is 3. The van der Waals surface area contributed by atoms with Gasteiger partial charge in [0.05, 0.1) is 40.3 Å². The molecular weight excluding hydrogens is 827 g/mol. The summed E-state index contributed by atoms with van der Waals surface area (Å²) in [6, 6.07) is 0. The van der Waals surface area contributed by atoms with Gasteiger partial charge in [0.2, 0.25) is 0 Å². The Hall–Kier alpha value is -3.79. The molecule has 0 saturated heterocycles. The molecule has 0 N–H and O–H groups in total. The van der Waals surface area contributed by atoms with Gasteiger partial charge >= 0.3 is 11.9 Å². The summed E-state index contributed by atoms with van der Waals surface area (Å²) in [6.07, 6.45) is 60.1. The van der Waals surface area contributed by atoms with Crippen molar-refractivity contribution in [3.63, 3.8) is 0 Å². The van der Waals surface area contributed by atoms with Crippen LogP contribution in [0, 0.1) is 0 Å². The number of carboxylic acid groups (broad SMARTS) is 1. The average molecular weight is 922 g/mol. The van der Waals surface area contributed by atoms with Crippen LogP contribution < -0.4 is 5.11 Å². The summed E-state index contributed by atoms with van der Waals surface area (Å²) in [5.74, 6) is -2.33. The van der Waals surface area contributed by atoms with Crippen molar-refractivity contribution in [2.75, 3.05) is 47.5 Å². The van der Waals surface area contributed by atoms with Gasteiger partial charge in [-0.3, -0.25) is 9.59 Å². The summed E-state index contributed by atoms with van der Waals surface area (Å²) < 4.78 is 22.6. The van der Waals surface area contributed by atoms with E-state index in [-0.39, 0.29) is 38.6 Å². The monoisotopic (exact) mass is 922 g/mol. The molecular formula is C57H95NO8. The van der Waals surface area contributed by atoms with Gasteiger partial charge in [0.1, 0.15) is 13.2 Å². The third kappa shape index (κ3) is 48.2. The zero-order valence-electron chi connectivity index (χ0n) is 42.5. The minimum atomic E-state index is -1.63. The SMILES string of the molecule is CC/C=C\C/C=C\C/C=C\C/C=C\C/C=C\C/C=C\CCCCCCCCC(=O)OC(COC(=O)CCCCCCC/C=C\C/C=C\CCCCCC)COC(OCC[N+](C)(C)C)C(=O)[O-]. The highest BCUT2D eigenvalue weighted by atomic mass is 16.7. The van der Waals surface area contributed by atoms with Crippen LogP contribution in [0.5, 0.6) is 0 Å². The van der Waals surface area contributed by atoms with Crippen LogP contribution in [0.4, 0.5) is 0 Å². The maximum atomic E-state index is 12.8. The molecule has 0 fully saturated rings. The predicted octanol–water partition coefficient (Wildman–Crippen LogP) is 13.3. The molecule has 0 aromatic carbocycles. The van der Waals surface area contributed by atoms with Crippen molar-refractivity contribution < 1.29 is 42.9 Å². The molecule has 0 aromatic heterocycles. The summed E-state index contributed by atoms with van der Waals surface area (Å²) >= 11 is 0. The molecule has 0 aliphatic carbocycles. The van der Waals surface area contributed by atoms with Crippen molar-refractivity contribution in [3.8, 4) is 0 Å². The van der Waals surface area contributed by atoms with Crippen molar-refractivity contribution >= 4 is 17.9 Å². The normalized spacial score (nSPS) is 13.7. The Balaban J connectivity index is 4.41. The standard InChI is InChI=1S/C57H95NO8/c1-6-8-10-12-14-16-18-20-22-24-25-26-27-28-29-30-31-32-34-36-38-40-42-44-46-48-55(60)66-53(52-65-57(56(61)62)63-50-49-58(3,4)5)51-64-54(59)47-45-43-41-39-37-35-33-23-21-19-17-15-13-11-9-7-2/h8,10,14,16-17,19-20,22-23,25-26,28-29,31-33,53,57H,6-7,9,11-13,15,18,21,24,27,30,34-52H2,1-5H3/b10-8-,16-14-,19-17-,22-20-,26-25-,29-28-,32-31-,33-23-. The smallest absolute Gasteiger partial charge is 0.306 e. The highest BCUT2D eigenvalue weighted by Crippen LogP contribution is 2.13. The number of aliphatic carboxylic acids is 1. The third-order valence-corrected chi connectivity index (χ3v) is 10.6. The second-order valence-electron chi connectivity index (χ2n) is 18.1. The number of allylic oxidation sites excluding steroid dienone is 16. The highest BCUT2D eigenvalue weighted by molar-refractivity contribution is 5.70. The van der Waals surface area contributed by atoms with Gasteiger partial charge in [-0.2, -0.15) is 0 Å². The quantitative estimate of drug-likeness (QED) is 0.0195. The molecule has 9 nitrogen and oxygen atoms in total. The molecule has 0 aliphatic heterocycles. The first-order chi connectivity index (χ1) is 32.1. The zero-order chi connectivity index (χ0) is 48.4. The largest absolute Gasteiger partial charge is 0.545 e. The van der Waals surface area contributed by atoms with Crippen molar-refractivity contribution in [1.29, 1.82) is 0 Å². The number of likely N-dealkylation sites (N-methyl/N-ethyl adjacent to an activating group) is 1. The van der Waals surface area contributed by atoms with Crippen LogP contribution in [-0.4, -0.2) is 82.3 Å². The average Bonchev–Trinajstić information content (AvgIpc) is 3.28. The van der Waals surface area contributed by atoms with E-state index in [9.17, 15) is 19.5 Å². The minimum Gasteiger partial charge on any atom is -0.545 e. The number of rotatable bonds is 46. The highest BCUT2D eigenvalue weighted by Gasteiger charge is 2.21. The van der Waals surface area contributed by atoms with Crippen LogP contribution in [0.1, 0.15) is 187 Å². The summed E-state index contributed by atoms with van der Waals surface area (Å²) in [5, 5.41) is 11.7. The van der Waals surface area contributed by atoms with Crippen LogP contribution >= 0.6 is 0 Å². The zero-order valence-corrected chi connectivity index (χ0v) is 42.5. The molecule has 0 saturated carbocycles. The number of unbranched alkanes of at least 4 members (excludes halogenated alkanes) is 15. The third-order valence-electron chi connectivity index (χ3n) is 10.6. The lowest BCUT2D eigenvalue weighted by Gasteiger charge is -2.26. The Bertz CT molecular complexity index is 1400. The van der Waals surface area contributed by atoms with Crippen molar-refractivity contribution in [2.24, 2.45) is 0 Å². The van der Waals surface area contributed by atoms with E-state index in [0.29, 0.717) is 23.9 Å². The van der Waals surface area contributed by atoms with E-state index in [1.54, 1.807) is 0 Å². The first-order valence-electron chi connectivity index (χ1n) is 25.9. The van der Waals surface area contributed by atoms with Crippen LogP contribution in [0.3, 0.4) is 0 Å². The van der Waals surface area contributed by atoms with Gasteiger partial charge in [0.25, 0.3) is 0 Å². The fourth-order valence-electron chi connectivity index (χ4n) is 6.57. The Labute approximate surface area is 403 Å².